The lowest BCUT2D eigenvalue weighted by Crippen LogP contribution is -2.28. The van der Waals surface area contributed by atoms with Crippen LogP contribution in [0, 0.1) is 0 Å². The molecule has 29 heavy (non-hydrogen) atoms. The van der Waals surface area contributed by atoms with Gasteiger partial charge in [-0.1, -0.05) is 55.5 Å². The van der Waals surface area contributed by atoms with Gasteiger partial charge in [-0.2, -0.15) is 0 Å². The van der Waals surface area contributed by atoms with Crippen LogP contribution >= 0.6 is 11.8 Å². The van der Waals surface area contributed by atoms with Gasteiger partial charge in [0.25, 0.3) is 5.91 Å². The second-order valence-corrected chi connectivity index (χ2v) is 7.92. The topological polar surface area (TPSA) is 49.4 Å². The van der Waals surface area contributed by atoms with Crippen LogP contribution in [0.3, 0.4) is 0 Å². The molecule has 1 fully saturated rings. The third-order valence-electron chi connectivity index (χ3n) is 4.99. The summed E-state index contributed by atoms with van der Waals surface area (Å²) in [6.07, 6.45) is 0.877. The summed E-state index contributed by atoms with van der Waals surface area (Å²) in [7, 11) is 0. The summed E-state index contributed by atoms with van der Waals surface area (Å²) >= 11 is 1.63. The number of anilines is 2. The van der Waals surface area contributed by atoms with Crippen LogP contribution in [0.15, 0.2) is 78.9 Å². The van der Waals surface area contributed by atoms with Crippen molar-refractivity contribution >= 4 is 35.0 Å². The highest BCUT2D eigenvalue weighted by atomic mass is 32.2. The van der Waals surface area contributed by atoms with Crippen LogP contribution in [0.5, 0.6) is 0 Å². The number of aryl methyl sites for hydroxylation is 1. The van der Waals surface area contributed by atoms with Crippen LogP contribution in [0.1, 0.15) is 33.8 Å². The third-order valence-corrected chi connectivity index (χ3v) is 6.20. The summed E-state index contributed by atoms with van der Waals surface area (Å²) in [5.74, 6) is 0.458. The predicted molar refractivity (Wildman–Crippen MR) is 119 cm³/mol. The number of thioether (sulfide) groups is 1. The van der Waals surface area contributed by atoms with Gasteiger partial charge in [0.1, 0.15) is 5.37 Å². The SMILES string of the molecule is CCc1ccccc1N1C(=O)CSC1c1ccc(NC(=O)c2ccccc2)cc1. The van der Waals surface area contributed by atoms with Gasteiger partial charge < -0.3 is 5.32 Å². The first-order valence-electron chi connectivity index (χ1n) is 9.65. The lowest BCUT2D eigenvalue weighted by molar-refractivity contribution is -0.115. The molecule has 1 heterocycles. The molecular weight excluding hydrogens is 380 g/mol. The average Bonchev–Trinajstić information content (AvgIpc) is 3.16. The molecule has 1 saturated heterocycles. The second-order valence-electron chi connectivity index (χ2n) is 6.85. The highest BCUT2D eigenvalue weighted by Crippen LogP contribution is 2.43. The van der Waals surface area contributed by atoms with Gasteiger partial charge in [0.05, 0.1) is 5.75 Å². The number of para-hydroxylation sites is 1. The lowest BCUT2D eigenvalue weighted by Gasteiger charge is -2.26. The highest BCUT2D eigenvalue weighted by Gasteiger charge is 2.34. The molecule has 1 N–H and O–H groups in total. The number of hydrogen-bond donors (Lipinski definition) is 1. The van der Waals surface area contributed by atoms with E-state index in [2.05, 4.69) is 18.3 Å². The molecule has 5 heteroatoms. The quantitative estimate of drug-likeness (QED) is 0.632. The molecule has 1 aliphatic rings. The number of rotatable bonds is 5. The Labute approximate surface area is 174 Å². The molecule has 3 aromatic carbocycles. The average molecular weight is 403 g/mol. The van der Waals surface area contributed by atoms with Crippen molar-refractivity contribution in [2.75, 3.05) is 16.0 Å². The Balaban J connectivity index is 1.55. The number of hydrogen-bond acceptors (Lipinski definition) is 3. The van der Waals surface area contributed by atoms with E-state index in [1.54, 1.807) is 23.9 Å². The molecule has 3 aromatic rings. The zero-order chi connectivity index (χ0) is 20.2. The van der Waals surface area contributed by atoms with Crippen LogP contribution in [-0.4, -0.2) is 17.6 Å². The Morgan fingerprint density at radius 2 is 1.69 bits per heavy atom. The lowest BCUT2D eigenvalue weighted by atomic mass is 10.1. The van der Waals surface area contributed by atoms with E-state index in [0.29, 0.717) is 11.3 Å². The fourth-order valence-electron chi connectivity index (χ4n) is 3.50. The van der Waals surface area contributed by atoms with E-state index in [9.17, 15) is 9.59 Å². The Morgan fingerprint density at radius 1 is 1.00 bits per heavy atom. The molecule has 0 spiro atoms. The maximum Gasteiger partial charge on any atom is 0.255 e. The summed E-state index contributed by atoms with van der Waals surface area (Å²) in [5.41, 5.74) is 4.55. The molecular formula is C24H22N2O2S. The van der Waals surface area contributed by atoms with Gasteiger partial charge >= 0.3 is 0 Å². The molecule has 0 saturated carbocycles. The zero-order valence-electron chi connectivity index (χ0n) is 16.2. The van der Waals surface area contributed by atoms with Gasteiger partial charge in [-0.15, -0.1) is 11.8 Å². The van der Waals surface area contributed by atoms with E-state index in [0.717, 1.165) is 23.4 Å². The Morgan fingerprint density at radius 3 is 2.41 bits per heavy atom. The first kappa shape index (κ1) is 19.3. The van der Waals surface area contributed by atoms with Crippen molar-refractivity contribution in [2.45, 2.75) is 18.7 Å². The largest absolute Gasteiger partial charge is 0.322 e. The predicted octanol–water partition coefficient (Wildman–Crippen LogP) is 5.28. The maximum absolute atomic E-state index is 12.6. The first-order chi connectivity index (χ1) is 14.2. The molecule has 4 rings (SSSR count). The van der Waals surface area contributed by atoms with Crippen LogP contribution in [0.25, 0.3) is 0 Å². The van der Waals surface area contributed by atoms with Crippen LogP contribution in [0.4, 0.5) is 11.4 Å². The normalized spacial score (nSPS) is 16.1. The minimum atomic E-state index is -0.137. The van der Waals surface area contributed by atoms with E-state index < -0.39 is 0 Å². The molecule has 146 valence electrons. The van der Waals surface area contributed by atoms with Crippen LogP contribution < -0.4 is 10.2 Å². The molecule has 0 bridgehead atoms. The molecule has 1 aliphatic heterocycles. The van der Waals surface area contributed by atoms with Gasteiger partial charge in [-0.3, -0.25) is 14.5 Å². The molecule has 0 aromatic heterocycles. The van der Waals surface area contributed by atoms with Crippen molar-refractivity contribution in [1.29, 1.82) is 0 Å². The van der Waals surface area contributed by atoms with Gasteiger partial charge in [-0.25, -0.2) is 0 Å². The van der Waals surface area contributed by atoms with Gasteiger partial charge in [0.15, 0.2) is 0 Å². The number of benzene rings is 3. The number of nitrogens with zero attached hydrogens (tertiary/aromatic N) is 1. The Kier molecular flexibility index (Phi) is 5.67. The minimum absolute atomic E-state index is 0.0610. The van der Waals surface area contributed by atoms with Crippen molar-refractivity contribution < 1.29 is 9.59 Å². The number of amides is 2. The fraction of sp³-hybridized carbons (Fsp3) is 0.167. The second kappa shape index (κ2) is 8.53. The van der Waals surface area contributed by atoms with Crippen LogP contribution in [0.2, 0.25) is 0 Å². The van der Waals surface area contributed by atoms with E-state index in [4.69, 9.17) is 0 Å². The van der Waals surface area contributed by atoms with Crippen molar-refractivity contribution in [1.82, 2.24) is 0 Å². The molecule has 1 unspecified atom stereocenters. The smallest absolute Gasteiger partial charge is 0.255 e. The van der Waals surface area contributed by atoms with E-state index in [-0.39, 0.29) is 17.2 Å². The van der Waals surface area contributed by atoms with Crippen molar-refractivity contribution in [3.05, 3.63) is 95.6 Å². The van der Waals surface area contributed by atoms with Crippen molar-refractivity contribution in [3.63, 3.8) is 0 Å². The first-order valence-corrected chi connectivity index (χ1v) is 10.7. The maximum atomic E-state index is 12.6. The Hall–Kier alpha value is -3.05. The van der Waals surface area contributed by atoms with E-state index in [1.165, 1.54) is 5.56 Å². The van der Waals surface area contributed by atoms with Gasteiger partial charge in [0.2, 0.25) is 5.91 Å². The summed E-state index contributed by atoms with van der Waals surface area (Å²) in [6.45, 7) is 2.10. The molecule has 4 nitrogen and oxygen atoms in total. The zero-order valence-corrected chi connectivity index (χ0v) is 17.0. The summed E-state index contributed by atoms with van der Waals surface area (Å²) in [5, 5.41) is 2.86. The highest BCUT2D eigenvalue weighted by molar-refractivity contribution is 8.00. The van der Waals surface area contributed by atoms with Gasteiger partial charge in [-0.05, 0) is 47.9 Å². The molecule has 0 radical (unpaired) electrons. The molecule has 2 amide bonds. The molecule has 1 atom stereocenters. The minimum Gasteiger partial charge on any atom is -0.322 e. The number of nitrogens with one attached hydrogen (secondary N) is 1. The van der Waals surface area contributed by atoms with Crippen molar-refractivity contribution in [2.24, 2.45) is 0 Å². The van der Waals surface area contributed by atoms with Crippen molar-refractivity contribution in [3.8, 4) is 0 Å². The summed E-state index contributed by atoms with van der Waals surface area (Å²) < 4.78 is 0. The standard InChI is InChI=1S/C24H22N2O2S/c1-2-17-8-6-7-11-21(17)26-22(27)16-29-24(26)19-12-14-20(15-13-19)25-23(28)18-9-4-3-5-10-18/h3-15,24H,2,16H2,1H3,(H,25,28). The van der Waals surface area contributed by atoms with E-state index >= 15 is 0 Å². The summed E-state index contributed by atoms with van der Waals surface area (Å²) in [6, 6.07) is 25.0. The van der Waals surface area contributed by atoms with Gasteiger partial charge in [0, 0.05) is 16.9 Å². The summed E-state index contributed by atoms with van der Waals surface area (Å²) in [4.78, 5) is 26.9. The third kappa shape index (κ3) is 4.05. The molecule has 0 aliphatic carbocycles. The fourth-order valence-corrected chi connectivity index (χ4v) is 4.67. The number of carbonyl (C=O) groups is 2. The van der Waals surface area contributed by atoms with Crippen LogP contribution in [-0.2, 0) is 11.2 Å². The van der Waals surface area contributed by atoms with E-state index in [1.807, 2.05) is 65.6 Å². The monoisotopic (exact) mass is 402 g/mol. The number of carbonyl (C=O) groups excluding carboxylic acids is 2. The Bertz CT molecular complexity index is 1020.